The lowest BCUT2D eigenvalue weighted by Crippen LogP contribution is -1.88. The fourth-order valence-electron chi connectivity index (χ4n) is 3.25. The van der Waals surface area contributed by atoms with Gasteiger partial charge in [-0.2, -0.15) is 0 Å². The standard InChI is InChI=1S/C20H20N2O/c1-2-3-4-6-14-10-11-21-20-19(14)16-13-15(8-9-17(16)22-20)18-7-5-12-23-18/h5,7-13H,2-4,6H2,1H3,(H,21,22). The molecular weight excluding hydrogens is 284 g/mol. The van der Waals surface area contributed by atoms with Crippen LogP contribution in [0.25, 0.3) is 33.3 Å². The molecule has 0 saturated heterocycles. The number of hydrogen-bond donors (Lipinski definition) is 1. The highest BCUT2D eigenvalue weighted by Crippen LogP contribution is 2.32. The molecule has 0 amide bonds. The van der Waals surface area contributed by atoms with E-state index in [0.29, 0.717) is 0 Å². The van der Waals surface area contributed by atoms with Crippen LogP contribution in [0.4, 0.5) is 0 Å². The molecule has 0 fully saturated rings. The Morgan fingerprint density at radius 1 is 1.13 bits per heavy atom. The first-order valence-electron chi connectivity index (χ1n) is 8.30. The number of aromatic amines is 1. The van der Waals surface area contributed by atoms with Crippen LogP contribution in [0, 0.1) is 0 Å². The third-order valence-electron chi connectivity index (χ3n) is 4.43. The van der Waals surface area contributed by atoms with E-state index in [4.69, 9.17) is 4.42 Å². The van der Waals surface area contributed by atoms with E-state index in [9.17, 15) is 0 Å². The van der Waals surface area contributed by atoms with Gasteiger partial charge in [-0.3, -0.25) is 0 Å². The Hall–Kier alpha value is -2.55. The van der Waals surface area contributed by atoms with Crippen LogP contribution in [0.1, 0.15) is 31.7 Å². The molecule has 0 unspecified atom stereocenters. The molecule has 0 spiro atoms. The lowest BCUT2D eigenvalue weighted by atomic mass is 10.0. The second-order valence-electron chi connectivity index (χ2n) is 6.01. The number of furan rings is 1. The highest BCUT2D eigenvalue weighted by Gasteiger charge is 2.11. The molecule has 116 valence electrons. The Balaban J connectivity index is 1.87. The number of rotatable bonds is 5. The highest BCUT2D eigenvalue weighted by atomic mass is 16.3. The van der Waals surface area contributed by atoms with E-state index in [0.717, 1.165) is 28.9 Å². The predicted molar refractivity (Wildman–Crippen MR) is 94.5 cm³/mol. The minimum atomic E-state index is 0.901. The fourth-order valence-corrected chi connectivity index (χ4v) is 3.25. The molecule has 1 aromatic carbocycles. The van der Waals surface area contributed by atoms with Gasteiger partial charge in [0.05, 0.1) is 6.26 Å². The Kier molecular flexibility index (Phi) is 3.62. The number of H-pyrrole nitrogens is 1. The average Bonchev–Trinajstić information content (AvgIpc) is 3.22. The number of nitrogens with one attached hydrogen (secondary N) is 1. The number of pyridine rings is 1. The van der Waals surface area contributed by atoms with Crippen LogP contribution >= 0.6 is 0 Å². The first kappa shape index (κ1) is 14.1. The molecule has 0 aliphatic rings. The fraction of sp³-hybridized carbons (Fsp3) is 0.250. The van der Waals surface area contributed by atoms with Gasteiger partial charge >= 0.3 is 0 Å². The van der Waals surface area contributed by atoms with Crippen LogP contribution in [0.15, 0.2) is 53.3 Å². The summed E-state index contributed by atoms with van der Waals surface area (Å²) >= 11 is 0. The van der Waals surface area contributed by atoms with Crippen LogP contribution in [-0.4, -0.2) is 9.97 Å². The average molecular weight is 304 g/mol. The second kappa shape index (κ2) is 5.92. The van der Waals surface area contributed by atoms with Gasteiger partial charge in [-0.25, -0.2) is 4.98 Å². The van der Waals surface area contributed by atoms with Crippen LogP contribution in [0.2, 0.25) is 0 Å². The lowest BCUT2D eigenvalue weighted by molar-refractivity contribution is 0.582. The van der Waals surface area contributed by atoms with E-state index in [1.807, 2.05) is 18.3 Å². The Morgan fingerprint density at radius 3 is 2.91 bits per heavy atom. The molecule has 0 aliphatic carbocycles. The summed E-state index contributed by atoms with van der Waals surface area (Å²) in [4.78, 5) is 7.96. The Morgan fingerprint density at radius 2 is 2.09 bits per heavy atom. The van der Waals surface area contributed by atoms with Crippen molar-refractivity contribution < 1.29 is 4.42 Å². The van der Waals surface area contributed by atoms with Gasteiger partial charge in [0.2, 0.25) is 0 Å². The zero-order chi connectivity index (χ0) is 15.6. The normalized spacial score (nSPS) is 11.5. The summed E-state index contributed by atoms with van der Waals surface area (Å²) in [5.41, 5.74) is 4.59. The lowest BCUT2D eigenvalue weighted by Gasteiger charge is -2.04. The van der Waals surface area contributed by atoms with E-state index in [2.05, 4.69) is 41.2 Å². The van der Waals surface area contributed by atoms with Crippen LogP contribution in [0.5, 0.6) is 0 Å². The SMILES string of the molecule is CCCCCc1ccnc2[nH]c3ccc(-c4ccco4)cc3c12. The van der Waals surface area contributed by atoms with E-state index in [1.54, 1.807) is 6.26 Å². The second-order valence-corrected chi connectivity index (χ2v) is 6.01. The zero-order valence-electron chi connectivity index (χ0n) is 13.3. The van der Waals surface area contributed by atoms with Crippen LogP contribution < -0.4 is 0 Å². The number of aromatic nitrogens is 2. The minimum Gasteiger partial charge on any atom is -0.464 e. The summed E-state index contributed by atoms with van der Waals surface area (Å²) < 4.78 is 5.54. The largest absolute Gasteiger partial charge is 0.464 e. The van der Waals surface area contributed by atoms with Crippen molar-refractivity contribution in [1.29, 1.82) is 0 Å². The van der Waals surface area contributed by atoms with Gasteiger partial charge in [-0.1, -0.05) is 19.8 Å². The molecule has 0 atom stereocenters. The molecule has 3 heterocycles. The van der Waals surface area contributed by atoms with Crippen molar-refractivity contribution >= 4 is 21.9 Å². The maximum Gasteiger partial charge on any atom is 0.138 e. The first-order valence-corrected chi connectivity index (χ1v) is 8.30. The van der Waals surface area contributed by atoms with Crippen molar-refractivity contribution in [3.63, 3.8) is 0 Å². The molecule has 4 aromatic rings. The molecule has 0 bridgehead atoms. The quantitative estimate of drug-likeness (QED) is 0.480. The Bertz CT molecular complexity index is 935. The van der Waals surface area contributed by atoms with E-state index in [-0.39, 0.29) is 0 Å². The molecule has 3 heteroatoms. The van der Waals surface area contributed by atoms with Crippen molar-refractivity contribution in [2.75, 3.05) is 0 Å². The van der Waals surface area contributed by atoms with Gasteiger partial charge in [0.1, 0.15) is 11.4 Å². The Labute approximate surface area is 135 Å². The predicted octanol–water partition coefficient (Wildman–Crippen LogP) is 5.71. The van der Waals surface area contributed by atoms with E-state index < -0.39 is 0 Å². The third-order valence-corrected chi connectivity index (χ3v) is 4.43. The zero-order valence-corrected chi connectivity index (χ0v) is 13.3. The van der Waals surface area contributed by atoms with Crippen molar-refractivity contribution in [3.8, 4) is 11.3 Å². The number of nitrogens with zero attached hydrogens (tertiary/aromatic N) is 1. The topological polar surface area (TPSA) is 41.8 Å². The number of hydrogen-bond acceptors (Lipinski definition) is 2. The van der Waals surface area contributed by atoms with Gasteiger partial charge < -0.3 is 9.40 Å². The molecule has 3 aromatic heterocycles. The van der Waals surface area contributed by atoms with Gasteiger partial charge in [0.15, 0.2) is 0 Å². The molecule has 0 radical (unpaired) electrons. The van der Waals surface area contributed by atoms with Crippen molar-refractivity contribution in [1.82, 2.24) is 9.97 Å². The monoisotopic (exact) mass is 304 g/mol. The van der Waals surface area contributed by atoms with Gasteiger partial charge in [0, 0.05) is 28.0 Å². The van der Waals surface area contributed by atoms with E-state index >= 15 is 0 Å². The molecule has 3 nitrogen and oxygen atoms in total. The van der Waals surface area contributed by atoms with Crippen molar-refractivity contribution in [2.45, 2.75) is 32.6 Å². The molecule has 0 aliphatic heterocycles. The van der Waals surface area contributed by atoms with Crippen molar-refractivity contribution in [3.05, 3.63) is 54.4 Å². The molecule has 23 heavy (non-hydrogen) atoms. The van der Waals surface area contributed by atoms with Crippen LogP contribution in [0.3, 0.4) is 0 Å². The van der Waals surface area contributed by atoms with Gasteiger partial charge in [0.25, 0.3) is 0 Å². The summed E-state index contributed by atoms with van der Waals surface area (Å²) in [6.07, 6.45) is 8.46. The number of unbranched alkanes of at least 4 members (excludes halogenated alkanes) is 2. The molecular formula is C20H20N2O. The smallest absolute Gasteiger partial charge is 0.138 e. The molecule has 1 N–H and O–H groups in total. The number of fused-ring (bicyclic) bond motifs is 3. The minimum absolute atomic E-state index is 0.901. The highest BCUT2D eigenvalue weighted by molar-refractivity contribution is 6.08. The third kappa shape index (κ3) is 2.52. The summed E-state index contributed by atoms with van der Waals surface area (Å²) in [6, 6.07) is 12.5. The van der Waals surface area contributed by atoms with Crippen LogP contribution in [-0.2, 0) is 6.42 Å². The maximum absolute atomic E-state index is 5.54. The molecule has 4 rings (SSSR count). The summed E-state index contributed by atoms with van der Waals surface area (Å²) in [7, 11) is 0. The number of aryl methyl sites for hydroxylation is 1. The molecule has 0 saturated carbocycles. The summed E-state index contributed by atoms with van der Waals surface area (Å²) in [5.74, 6) is 0.901. The van der Waals surface area contributed by atoms with Crippen molar-refractivity contribution in [2.24, 2.45) is 0 Å². The maximum atomic E-state index is 5.54. The first-order chi connectivity index (χ1) is 11.4. The van der Waals surface area contributed by atoms with Gasteiger partial charge in [-0.05, 0) is 54.8 Å². The summed E-state index contributed by atoms with van der Waals surface area (Å²) in [6.45, 7) is 2.24. The summed E-state index contributed by atoms with van der Waals surface area (Å²) in [5, 5.41) is 2.49. The number of benzene rings is 1. The van der Waals surface area contributed by atoms with Gasteiger partial charge in [-0.15, -0.1) is 0 Å². The van der Waals surface area contributed by atoms with E-state index in [1.165, 1.54) is 35.6 Å².